The Labute approximate surface area is 229 Å². The van der Waals surface area contributed by atoms with Crippen molar-refractivity contribution in [3.63, 3.8) is 0 Å². The van der Waals surface area contributed by atoms with E-state index < -0.39 is 22.8 Å². The fraction of sp³-hybridized carbons (Fsp3) is 0.407. The lowest BCUT2D eigenvalue weighted by Crippen LogP contribution is -2.38. The number of thioether (sulfide) groups is 1. The number of hydrogen-bond acceptors (Lipinski definition) is 8. The largest absolute Gasteiger partial charge is 0.330 e. The first-order valence-electron chi connectivity index (χ1n) is 12.6. The van der Waals surface area contributed by atoms with Crippen LogP contribution in [0.25, 0.3) is 0 Å². The second kappa shape index (κ2) is 11.4. The van der Waals surface area contributed by atoms with Crippen LogP contribution in [0.4, 0.5) is 18.3 Å². The maximum atomic E-state index is 15.6. The minimum atomic E-state index is -1.31. The summed E-state index contributed by atoms with van der Waals surface area (Å²) in [5, 5.41) is 7.49. The van der Waals surface area contributed by atoms with Crippen LogP contribution in [0, 0.1) is 11.6 Å². The summed E-state index contributed by atoms with van der Waals surface area (Å²) >= 11 is 2.78. The van der Waals surface area contributed by atoms with E-state index in [2.05, 4.69) is 0 Å². The van der Waals surface area contributed by atoms with Gasteiger partial charge in [0, 0.05) is 30.1 Å². The van der Waals surface area contributed by atoms with E-state index in [0.29, 0.717) is 54.8 Å². The van der Waals surface area contributed by atoms with Gasteiger partial charge in [-0.2, -0.15) is 5.10 Å². The zero-order chi connectivity index (χ0) is 26.9. The number of halogens is 3. The highest BCUT2D eigenvalue weighted by molar-refractivity contribution is 8.15. The maximum Gasteiger partial charge on any atom is 0.208 e. The van der Waals surface area contributed by atoms with Crippen LogP contribution in [0.15, 0.2) is 53.6 Å². The van der Waals surface area contributed by atoms with E-state index in [4.69, 9.17) is 15.8 Å². The van der Waals surface area contributed by atoms with Gasteiger partial charge in [-0.3, -0.25) is 4.90 Å². The van der Waals surface area contributed by atoms with Gasteiger partial charge < -0.3 is 10.6 Å². The van der Waals surface area contributed by atoms with Gasteiger partial charge in [0.1, 0.15) is 27.2 Å². The number of fused-ring (bicyclic) bond motifs is 1. The van der Waals surface area contributed by atoms with Gasteiger partial charge in [-0.1, -0.05) is 53.4 Å². The highest BCUT2D eigenvalue weighted by atomic mass is 32.2. The second-order valence-corrected chi connectivity index (χ2v) is 12.0. The van der Waals surface area contributed by atoms with E-state index in [9.17, 15) is 8.78 Å². The fourth-order valence-electron chi connectivity index (χ4n) is 4.78. The van der Waals surface area contributed by atoms with Crippen molar-refractivity contribution in [3.05, 3.63) is 81.9 Å². The third-order valence-corrected chi connectivity index (χ3v) is 9.36. The third-order valence-electron chi connectivity index (χ3n) is 6.81. The highest BCUT2D eigenvalue weighted by Crippen LogP contribution is 2.53. The van der Waals surface area contributed by atoms with Crippen molar-refractivity contribution < 1.29 is 13.2 Å². The number of rotatable bonds is 9. The summed E-state index contributed by atoms with van der Waals surface area (Å²) in [6, 6.07) is 13.1. The van der Waals surface area contributed by atoms with Gasteiger partial charge in [0.25, 0.3) is 0 Å². The zero-order valence-electron chi connectivity index (χ0n) is 21.4. The Kier molecular flexibility index (Phi) is 8.11. The van der Waals surface area contributed by atoms with E-state index in [1.165, 1.54) is 23.1 Å². The van der Waals surface area contributed by atoms with E-state index in [1.807, 2.05) is 49.3 Å². The first-order valence-corrected chi connectivity index (χ1v) is 14.3. The molecule has 0 fully saturated rings. The quantitative estimate of drug-likeness (QED) is 0.358. The number of hydrazone groups is 1. The number of nitrogens with two attached hydrogens (primary N) is 1. The molecule has 2 aromatic carbocycles. The summed E-state index contributed by atoms with van der Waals surface area (Å²) in [6.07, 6.45) is 0.638. The van der Waals surface area contributed by atoms with Crippen molar-refractivity contribution in [2.45, 2.75) is 30.4 Å². The topological polar surface area (TPSA) is 61.0 Å². The highest BCUT2D eigenvalue weighted by Gasteiger charge is 2.48. The number of thiazole rings is 1. The predicted molar refractivity (Wildman–Crippen MR) is 149 cm³/mol. The number of likely N-dealkylation sites (N-methyl/N-ethyl adjacent to an activating group) is 1. The van der Waals surface area contributed by atoms with Crippen LogP contribution in [0.5, 0.6) is 0 Å². The molecule has 2 N–H and O–H groups in total. The zero-order valence-corrected chi connectivity index (χ0v) is 23.0. The van der Waals surface area contributed by atoms with Crippen LogP contribution in [-0.4, -0.2) is 60.1 Å². The molecule has 6 nitrogen and oxygen atoms in total. The van der Waals surface area contributed by atoms with Crippen LogP contribution < -0.4 is 10.7 Å². The minimum Gasteiger partial charge on any atom is -0.330 e. The molecule has 38 heavy (non-hydrogen) atoms. The molecule has 1 aromatic heterocycles. The van der Waals surface area contributed by atoms with Gasteiger partial charge in [0.05, 0.1) is 0 Å². The average Bonchev–Trinajstić information content (AvgIpc) is 3.52. The molecule has 0 bridgehead atoms. The van der Waals surface area contributed by atoms with E-state index in [-0.39, 0.29) is 5.56 Å². The Morgan fingerprint density at radius 1 is 1.16 bits per heavy atom. The molecule has 2 atom stereocenters. The molecule has 2 aliphatic rings. The molecule has 202 valence electrons. The monoisotopic (exact) mass is 560 g/mol. The minimum absolute atomic E-state index is 0.0881. The normalized spacial score (nSPS) is 21.7. The first-order chi connectivity index (χ1) is 18.3. The molecule has 0 saturated heterocycles. The van der Waals surface area contributed by atoms with Crippen molar-refractivity contribution in [3.8, 4) is 0 Å². The molecule has 2 aliphatic heterocycles. The number of alkyl halides is 1. The third kappa shape index (κ3) is 5.22. The van der Waals surface area contributed by atoms with E-state index >= 15 is 4.39 Å². The molecular weight excluding hydrogens is 529 g/mol. The molecule has 0 saturated carbocycles. The predicted octanol–water partition coefficient (Wildman–Crippen LogP) is 5.32. The van der Waals surface area contributed by atoms with E-state index in [0.717, 1.165) is 35.2 Å². The van der Waals surface area contributed by atoms with Crippen molar-refractivity contribution in [2.24, 2.45) is 10.8 Å². The summed E-state index contributed by atoms with van der Waals surface area (Å²) in [7, 11) is 3.94. The van der Waals surface area contributed by atoms with Gasteiger partial charge in [-0.25, -0.2) is 23.2 Å². The second-order valence-electron chi connectivity index (χ2n) is 9.72. The Morgan fingerprint density at radius 3 is 2.68 bits per heavy atom. The number of aromatic nitrogens is 1. The molecule has 11 heteroatoms. The lowest BCUT2D eigenvalue weighted by molar-refractivity contribution is 0.0633. The molecule has 0 amide bonds. The summed E-state index contributed by atoms with van der Waals surface area (Å²) in [4.78, 5) is 8.71. The van der Waals surface area contributed by atoms with Crippen molar-refractivity contribution >= 4 is 33.3 Å². The Balaban J connectivity index is 1.59. The molecular formula is C27H31F3N6S2. The van der Waals surface area contributed by atoms with E-state index in [1.54, 1.807) is 9.91 Å². The molecule has 3 aromatic rings. The average molecular weight is 561 g/mol. The van der Waals surface area contributed by atoms with Gasteiger partial charge in [-0.15, -0.1) is 0 Å². The van der Waals surface area contributed by atoms with Crippen molar-refractivity contribution in [1.29, 1.82) is 0 Å². The number of nitrogens with zero attached hydrogens (tertiary/aromatic N) is 5. The summed E-state index contributed by atoms with van der Waals surface area (Å²) in [5.41, 5.74) is 7.38. The summed E-state index contributed by atoms with van der Waals surface area (Å²) in [5.74, 6) is -1.10. The molecule has 5 rings (SSSR count). The van der Waals surface area contributed by atoms with Gasteiger partial charge in [0.15, 0.2) is 6.30 Å². The SMILES string of the molecule is CN(C)CCN1CCc2sc(N3N=C(c4cc(F)ccc4F)SC3(CCCN)c3ccccc3)nc2C1F. The van der Waals surface area contributed by atoms with Gasteiger partial charge in [0.2, 0.25) is 5.13 Å². The standard InChI is InChI=1S/C27H31F3N6S2/c1-34(2)15-16-35-14-11-22-23(24(35)30)32-26(37-22)36-27(12-6-13-31,18-7-4-3-5-8-18)38-25(33-36)20-17-19(28)9-10-21(20)29/h3-5,7-10,17,24H,6,11-16,31H2,1-2H3. The van der Waals surface area contributed by atoms with Crippen molar-refractivity contribution in [2.75, 3.05) is 45.3 Å². The Bertz CT molecular complexity index is 1300. The lowest BCUT2D eigenvalue weighted by atomic mass is 10.0. The van der Waals surface area contributed by atoms with Crippen molar-refractivity contribution in [1.82, 2.24) is 14.8 Å². The smallest absolute Gasteiger partial charge is 0.208 e. The summed E-state index contributed by atoms with van der Waals surface area (Å²) < 4.78 is 44.7. The first kappa shape index (κ1) is 27.1. The summed E-state index contributed by atoms with van der Waals surface area (Å²) in [6.45, 7) is 2.41. The molecule has 3 heterocycles. The van der Waals surface area contributed by atoms with Crippen LogP contribution in [-0.2, 0) is 11.3 Å². The molecule has 0 aliphatic carbocycles. The Hall–Kier alpha value is -2.44. The number of anilines is 1. The molecule has 0 spiro atoms. The molecule has 2 unspecified atom stereocenters. The van der Waals surface area contributed by atoms with Gasteiger partial charge >= 0.3 is 0 Å². The van der Waals surface area contributed by atoms with Crippen LogP contribution in [0.3, 0.4) is 0 Å². The molecule has 0 radical (unpaired) electrons. The Morgan fingerprint density at radius 2 is 1.95 bits per heavy atom. The fourth-order valence-corrected chi connectivity index (χ4v) is 7.35. The van der Waals surface area contributed by atoms with Crippen LogP contribution in [0.2, 0.25) is 0 Å². The van der Waals surface area contributed by atoms with Crippen LogP contribution in [0.1, 0.15) is 40.8 Å². The maximum absolute atomic E-state index is 15.6. The number of hydrogen-bond donors (Lipinski definition) is 1. The van der Waals surface area contributed by atoms with Gasteiger partial charge in [-0.05, 0) is 63.7 Å². The number of benzene rings is 2. The lowest BCUT2D eigenvalue weighted by Gasteiger charge is -2.35. The van der Waals surface area contributed by atoms with Crippen LogP contribution >= 0.6 is 23.1 Å².